The molecule has 2 rings (SSSR count). The van der Waals surface area contributed by atoms with Gasteiger partial charge in [0.25, 0.3) is 0 Å². The highest BCUT2D eigenvalue weighted by molar-refractivity contribution is 6.57. The average Bonchev–Trinajstić information content (AvgIpc) is 2.36. The van der Waals surface area contributed by atoms with E-state index < -0.39 is 11.6 Å². The summed E-state index contributed by atoms with van der Waals surface area (Å²) in [7, 11) is 0. The van der Waals surface area contributed by atoms with Gasteiger partial charge < -0.3 is 4.42 Å². The van der Waals surface area contributed by atoms with Crippen LogP contribution < -0.4 is 10.6 Å². The second-order valence-electron chi connectivity index (χ2n) is 2.26. The quantitative estimate of drug-likeness (QED) is 0.443. The van der Waals surface area contributed by atoms with Gasteiger partial charge in [0, 0.05) is 17.4 Å². The standard InChI is InChI=1S/C8H4O3/c9-6-3-5-1-2-11-8(5)4-7(6)10/h1-4H. The fourth-order valence-corrected chi connectivity index (χ4v) is 0.970. The van der Waals surface area contributed by atoms with Crippen molar-refractivity contribution in [2.45, 2.75) is 0 Å². The molecule has 0 amide bonds. The van der Waals surface area contributed by atoms with Gasteiger partial charge in [-0.25, -0.2) is 0 Å². The first kappa shape index (κ1) is 6.09. The van der Waals surface area contributed by atoms with E-state index in [2.05, 4.69) is 0 Å². The van der Waals surface area contributed by atoms with Gasteiger partial charge in [0.15, 0.2) is 0 Å². The lowest BCUT2D eigenvalue weighted by Gasteiger charge is -1.89. The van der Waals surface area contributed by atoms with Gasteiger partial charge in [-0.15, -0.1) is 0 Å². The average molecular weight is 148 g/mol. The third-order valence-electron chi connectivity index (χ3n) is 1.52. The lowest BCUT2D eigenvalue weighted by atomic mass is 10.1. The molecule has 0 unspecified atom stereocenters. The molecule has 0 saturated heterocycles. The normalized spacial score (nSPS) is 15.3. The van der Waals surface area contributed by atoms with Crippen LogP contribution in [0.25, 0.3) is 12.2 Å². The second-order valence-corrected chi connectivity index (χ2v) is 2.26. The zero-order valence-electron chi connectivity index (χ0n) is 5.53. The monoisotopic (exact) mass is 148 g/mol. The molecular formula is C8H4O3. The number of carbonyl (C=O) groups is 2. The summed E-state index contributed by atoms with van der Waals surface area (Å²) in [6.07, 6.45) is 3.93. The highest BCUT2D eigenvalue weighted by Crippen LogP contribution is 1.86. The first-order valence-electron chi connectivity index (χ1n) is 3.12. The van der Waals surface area contributed by atoms with Crippen molar-refractivity contribution in [1.82, 2.24) is 0 Å². The Hall–Kier alpha value is -1.64. The summed E-state index contributed by atoms with van der Waals surface area (Å²) >= 11 is 0. The van der Waals surface area contributed by atoms with Gasteiger partial charge in [0.05, 0.1) is 6.26 Å². The van der Waals surface area contributed by atoms with Crippen molar-refractivity contribution < 1.29 is 14.0 Å². The Bertz CT molecular complexity index is 396. The minimum atomic E-state index is -0.521. The van der Waals surface area contributed by atoms with Gasteiger partial charge in [0.2, 0.25) is 11.6 Å². The maximum absolute atomic E-state index is 10.8. The van der Waals surface area contributed by atoms with E-state index >= 15 is 0 Å². The summed E-state index contributed by atoms with van der Waals surface area (Å²) in [5, 5.41) is 0.676. The molecule has 54 valence electrons. The lowest BCUT2D eigenvalue weighted by Crippen LogP contribution is -2.29. The van der Waals surface area contributed by atoms with Crippen molar-refractivity contribution in [3.05, 3.63) is 23.0 Å². The molecule has 1 aliphatic carbocycles. The number of Topliss-reactive ketones (excluding diaryl/α,β-unsaturated/α-hetero) is 2. The van der Waals surface area contributed by atoms with Crippen LogP contribution in [-0.2, 0) is 9.59 Å². The third kappa shape index (κ3) is 0.816. The SMILES string of the molecule is O=C1C=c2ccoc2=CC1=O. The fourth-order valence-electron chi connectivity index (χ4n) is 0.970. The Kier molecular flexibility index (Phi) is 1.06. The number of furan rings is 1. The number of hydrogen-bond donors (Lipinski definition) is 0. The molecule has 1 aromatic heterocycles. The van der Waals surface area contributed by atoms with Crippen molar-refractivity contribution >= 4 is 23.7 Å². The molecule has 0 radical (unpaired) electrons. The summed E-state index contributed by atoms with van der Waals surface area (Å²) in [5.74, 6) is -1.01. The van der Waals surface area contributed by atoms with Gasteiger partial charge in [-0.2, -0.15) is 0 Å². The molecule has 0 bridgehead atoms. The van der Waals surface area contributed by atoms with Gasteiger partial charge >= 0.3 is 0 Å². The molecule has 3 heteroatoms. The summed E-state index contributed by atoms with van der Waals surface area (Å²) in [5.41, 5.74) is 0.467. The molecule has 1 aliphatic rings. The van der Waals surface area contributed by atoms with E-state index in [-0.39, 0.29) is 0 Å². The molecule has 0 saturated carbocycles. The van der Waals surface area contributed by atoms with Gasteiger partial charge in [-0.05, 0) is 6.07 Å². The van der Waals surface area contributed by atoms with Crippen LogP contribution in [0.1, 0.15) is 0 Å². The first-order valence-corrected chi connectivity index (χ1v) is 3.12. The predicted molar refractivity (Wildman–Crippen MR) is 36.9 cm³/mol. The zero-order valence-corrected chi connectivity index (χ0v) is 5.53. The smallest absolute Gasteiger partial charge is 0.229 e. The van der Waals surface area contributed by atoms with Gasteiger partial charge in [-0.3, -0.25) is 9.59 Å². The van der Waals surface area contributed by atoms with Crippen LogP contribution in [0.2, 0.25) is 0 Å². The number of rotatable bonds is 0. The molecule has 0 aliphatic heterocycles. The van der Waals surface area contributed by atoms with Gasteiger partial charge in [0.1, 0.15) is 5.42 Å². The predicted octanol–water partition coefficient (Wildman–Crippen LogP) is -1.01. The van der Waals surface area contributed by atoms with Crippen LogP contribution in [0.3, 0.4) is 0 Å². The first-order chi connectivity index (χ1) is 5.27. The van der Waals surface area contributed by atoms with E-state index in [9.17, 15) is 9.59 Å². The van der Waals surface area contributed by atoms with Crippen molar-refractivity contribution in [3.63, 3.8) is 0 Å². The van der Waals surface area contributed by atoms with Gasteiger partial charge in [-0.1, -0.05) is 0 Å². The van der Waals surface area contributed by atoms with Crippen LogP contribution >= 0.6 is 0 Å². The molecule has 11 heavy (non-hydrogen) atoms. The van der Waals surface area contributed by atoms with Crippen LogP contribution in [0, 0.1) is 0 Å². The van der Waals surface area contributed by atoms with Crippen molar-refractivity contribution in [2.75, 3.05) is 0 Å². The highest BCUT2D eigenvalue weighted by Gasteiger charge is 2.12. The zero-order chi connectivity index (χ0) is 7.84. The minimum Gasteiger partial charge on any atom is -0.464 e. The number of fused-ring (bicyclic) bond motifs is 1. The minimum absolute atomic E-state index is 0.467. The lowest BCUT2D eigenvalue weighted by molar-refractivity contribution is -0.129. The van der Waals surface area contributed by atoms with Crippen LogP contribution in [0.5, 0.6) is 0 Å². The maximum Gasteiger partial charge on any atom is 0.229 e. The van der Waals surface area contributed by atoms with E-state index in [0.29, 0.717) is 10.6 Å². The van der Waals surface area contributed by atoms with Crippen LogP contribution in [0.4, 0.5) is 0 Å². The molecule has 0 aromatic carbocycles. The Morgan fingerprint density at radius 2 is 1.82 bits per heavy atom. The molecule has 0 atom stereocenters. The van der Waals surface area contributed by atoms with Crippen molar-refractivity contribution in [2.24, 2.45) is 0 Å². The number of hydrogen-bond acceptors (Lipinski definition) is 3. The molecule has 0 fully saturated rings. The molecule has 1 heterocycles. The Balaban J connectivity index is 2.89. The Morgan fingerprint density at radius 1 is 1.09 bits per heavy atom. The molecule has 0 N–H and O–H groups in total. The largest absolute Gasteiger partial charge is 0.464 e. The van der Waals surface area contributed by atoms with E-state index in [4.69, 9.17) is 4.42 Å². The summed E-state index contributed by atoms with van der Waals surface area (Å²) < 4.78 is 4.91. The van der Waals surface area contributed by atoms with E-state index in [0.717, 1.165) is 0 Å². The van der Waals surface area contributed by atoms with E-state index in [1.807, 2.05) is 0 Å². The molecule has 3 nitrogen and oxygen atoms in total. The van der Waals surface area contributed by atoms with Crippen molar-refractivity contribution in [3.8, 4) is 0 Å². The summed E-state index contributed by atoms with van der Waals surface area (Å²) in [4.78, 5) is 21.5. The summed E-state index contributed by atoms with van der Waals surface area (Å²) in [6.45, 7) is 0. The maximum atomic E-state index is 10.8. The second kappa shape index (κ2) is 1.92. The topological polar surface area (TPSA) is 47.3 Å². The molecule has 1 aromatic rings. The van der Waals surface area contributed by atoms with E-state index in [1.165, 1.54) is 18.4 Å². The summed E-state index contributed by atoms with van der Waals surface area (Å²) in [6, 6.07) is 1.65. The fraction of sp³-hybridized carbons (Fsp3) is 0. The van der Waals surface area contributed by atoms with Crippen LogP contribution in [-0.4, -0.2) is 11.6 Å². The molecule has 0 spiro atoms. The van der Waals surface area contributed by atoms with Crippen molar-refractivity contribution in [1.29, 1.82) is 0 Å². The van der Waals surface area contributed by atoms with E-state index in [1.54, 1.807) is 6.07 Å². The number of carbonyl (C=O) groups excluding carboxylic acids is 2. The molecular weight excluding hydrogens is 144 g/mol. The number of ketones is 2. The van der Waals surface area contributed by atoms with Crippen LogP contribution in [0.15, 0.2) is 16.7 Å². The Labute approximate surface area is 61.6 Å². The highest BCUT2D eigenvalue weighted by atomic mass is 16.3. The Morgan fingerprint density at radius 3 is 2.64 bits per heavy atom. The third-order valence-corrected chi connectivity index (χ3v) is 1.52.